The molecule has 0 aromatic carbocycles. The summed E-state index contributed by atoms with van der Waals surface area (Å²) in [5.74, 6) is -0.189. The third-order valence-electron chi connectivity index (χ3n) is 15.9. The van der Waals surface area contributed by atoms with Gasteiger partial charge in [0.25, 0.3) is 0 Å². The largest absolute Gasteiger partial charge is 0.472 e. The van der Waals surface area contributed by atoms with Crippen LogP contribution in [0.25, 0.3) is 0 Å². The van der Waals surface area contributed by atoms with Crippen LogP contribution in [0.1, 0.15) is 316 Å². The quantitative estimate of drug-likeness (QED) is 0.0243. The molecule has 502 valence electrons. The molecule has 0 saturated heterocycles. The van der Waals surface area contributed by atoms with E-state index in [2.05, 4.69) is 129 Å². The number of phosphoric acid groups is 1. The van der Waals surface area contributed by atoms with Crippen molar-refractivity contribution in [3.05, 3.63) is 122 Å². The van der Waals surface area contributed by atoms with Crippen molar-refractivity contribution in [1.29, 1.82) is 0 Å². The third kappa shape index (κ3) is 70.2. The molecule has 3 unspecified atom stereocenters. The molecule has 87 heavy (non-hydrogen) atoms. The van der Waals surface area contributed by atoms with Gasteiger partial charge in [0.05, 0.1) is 39.9 Å². The zero-order valence-electron chi connectivity index (χ0n) is 57.5. The van der Waals surface area contributed by atoms with Crippen LogP contribution < -0.4 is 5.32 Å². The smallest absolute Gasteiger partial charge is 0.387 e. The van der Waals surface area contributed by atoms with E-state index < -0.39 is 20.0 Å². The number of likely N-dealkylation sites (N-methyl/N-ethyl adjacent to an activating group) is 1. The average Bonchev–Trinajstić information content (AvgIpc) is 3.70. The summed E-state index contributed by atoms with van der Waals surface area (Å²) in [4.78, 5) is 23.4. The summed E-state index contributed by atoms with van der Waals surface area (Å²) in [6, 6.07) is -0.864. The molecule has 0 aromatic heterocycles. The van der Waals surface area contributed by atoms with Gasteiger partial charge < -0.3 is 19.8 Å². The molecule has 0 bridgehead atoms. The zero-order valence-corrected chi connectivity index (χ0v) is 58.4. The zero-order chi connectivity index (χ0) is 63.4. The molecule has 3 N–H and O–H groups in total. The number of nitrogens with one attached hydrogen (secondary N) is 1. The number of rotatable bonds is 66. The van der Waals surface area contributed by atoms with Crippen molar-refractivity contribution in [3.63, 3.8) is 0 Å². The lowest BCUT2D eigenvalue weighted by atomic mass is 10.0. The Balaban J connectivity index is 4.14. The number of carbonyl (C=O) groups is 1. The van der Waals surface area contributed by atoms with Gasteiger partial charge in [0.1, 0.15) is 13.2 Å². The summed E-state index contributed by atoms with van der Waals surface area (Å²) in [6.07, 6.45) is 101. The molecular weight excluding hydrogens is 1090 g/mol. The van der Waals surface area contributed by atoms with Gasteiger partial charge in [-0.3, -0.25) is 13.8 Å². The number of allylic oxidation sites excluding steroid dienone is 19. The lowest BCUT2D eigenvalue weighted by Crippen LogP contribution is -2.45. The number of aliphatic hydroxyl groups is 1. The van der Waals surface area contributed by atoms with Crippen LogP contribution in [0.5, 0.6) is 0 Å². The van der Waals surface area contributed by atoms with Gasteiger partial charge in [0.15, 0.2) is 0 Å². The van der Waals surface area contributed by atoms with Gasteiger partial charge in [-0.25, -0.2) is 4.57 Å². The SMILES string of the molecule is CC/C=C\C/C=C\C/C=C\C/C=C\C/C=C\C/C=C\C/C=C\C/C=C\C/C=C\CCCCCCCCCC(=O)NC(COP(=O)(O)OCC[N+](C)(C)C)C(O)/C=C/CCCCCCCCCCCCCCCCCCCCCCCCCCCCCC. The normalized spacial score (nSPS) is 14.3. The predicted molar refractivity (Wildman–Crippen MR) is 382 cm³/mol. The van der Waals surface area contributed by atoms with Crippen molar-refractivity contribution in [2.45, 2.75) is 328 Å². The summed E-state index contributed by atoms with van der Waals surface area (Å²) in [6.45, 7) is 4.72. The maximum absolute atomic E-state index is 13.1. The average molecular weight is 1230 g/mol. The van der Waals surface area contributed by atoms with Crippen LogP contribution in [0.3, 0.4) is 0 Å². The molecule has 0 aliphatic carbocycles. The number of carbonyl (C=O) groups excluding carboxylic acids is 1. The van der Waals surface area contributed by atoms with Gasteiger partial charge in [0.2, 0.25) is 5.91 Å². The monoisotopic (exact) mass is 1230 g/mol. The Labute approximate surface area is 539 Å². The van der Waals surface area contributed by atoms with Crippen molar-refractivity contribution in [2.24, 2.45) is 0 Å². The first kappa shape index (κ1) is 83.9. The Morgan fingerprint density at radius 1 is 0.402 bits per heavy atom. The summed E-state index contributed by atoms with van der Waals surface area (Å²) in [7, 11) is 1.56. The minimum Gasteiger partial charge on any atom is -0.387 e. The fourth-order valence-corrected chi connectivity index (χ4v) is 11.1. The maximum atomic E-state index is 13.1. The van der Waals surface area contributed by atoms with E-state index in [4.69, 9.17) is 9.05 Å². The highest BCUT2D eigenvalue weighted by atomic mass is 31.2. The van der Waals surface area contributed by atoms with Crippen LogP contribution in [0, 0.1) is 0 Å². The van der Waals surface area contributed by atoms with Crippen LogP contribution in [-0.4, -0.2) is 73.4 Å². The fraction of sp³-hybridized carbons (Fsp3) is 0.731. The molecule has 0 aromatic rings. The van der Waals surface area contributed by atoms with Gasteiger partial charge >= 0.3 is 7.82 Å². The van der Waals surface area contributed by atoms with Crippen LogP contribution >= 0.6 is 7.82 Å². The summed E-state index contributed by atoms with van der Waals surface area (Å²) < 4.78 is 23.8. The number of nitrogens with zero attached hydrogens (tertiary/aromatic N) is 1. The topological polar surface area (TPSA) is 105 Å². The fourth-order valence-electron chi connectivity index (χ4n) is 10.3. The van der Waals surface area contributed by atoms with E-state index >= 15 is 0 Å². The van der Waals surface area contributed by atoms with E-state index in [0.717, 1.165) is 109 Å². The second-order valence-electron chi connectivity index (χ2n) is 25.6. The Morgan fingerprint density at radius 2 is 0.690 bits per heavy atom. The minimum absolute atomic E-state index is 0.0537. The standard InChI is InChI=1S/C78H139N2O6P/c1-6-8-10-12-14-16-18-20-22-24-26-28-30-32-34-36-38-39-40-41-42-44-46-48-50-52-54-56-58-60-62-64-66-68-70-72-78(82)79-76(75-86-87(83,84)85-74-73-80(3,4)5)77(81)71-69-67-65-63-61-59-57-55-53-51-49-47-45-43-37-35-33-31-29-27-25-23-21-19-17-15-13-11-9-7-2/h8,10,14,16,20,22,26,28,32,34,38-39,41-42,46,48,52,54,69,71,76-77,81H,6-7,9,11-13,15,17-19,21,23-25,27,29-31,33,35-37,40,43-45,47,49-51,53,55-68,70,72-75H2,1-5H3,(H-,79,82,83,84)/p+1/b10-8-,16-14-,22-20-,28-26-,34-32-,39-38-,42-41-,48-46-,54-52-,71-69+. The van der Waals surface area contributed by atoms with E-state index in [1.807, 2.05) is 27.2 Å². The Bertz CT molecular complexity index is 1840. The van der Waals surface area contributed by atoms with E-state index in [1.165, 1.54) is 186 Å². The first-order valence-electron chi connectivity index (χ1n) is 36.4. The highest BCUT2D eigenvalue weighted by Crippen LogP contribution is 2.43. The maximum Gasteiger partial charge on any atom is 0.472 e. The highest BCUT2D eigenvalue weighted by molar-refractivity contribution is 7.47. The van der Waals surface area contributed by atoms with Crippen LogP contribution in [0.2, 0.25) is 0 Å². The van der Waals surface area contributed by atoms with Gasteiger partial charge in [0, 0.05) is 6.42 Å². The van der Waals surface area contributed by atoms with E-state index in [0.29, 0.717) is 17.4 Å². The molecule has 0 aliphatic rings. The minimum atomic E-state index is -4.37. The molecule has 0 rings (SSSR count). The predicted octanol–water partition coefficient (Wildman–Crippen LogP) is 23.6. The Morgan fingerprint density at radius 3 is 1.01 bits per heavy atom. The molecule has 3 atom stereocenters. The van der Waals surface area contributed by atoms with Gasteiger partial charge in [-0.2, -0.15) is 0 Å². The number of phosphoric ester groups is 1. The first-order chi connectivity index (χ1) is 42.5. The number of quaternary nitrogens is 1. The van der Waals surface area contributed by atoms with Gasteiger partial charge in [-0.1, -0.05) is 341 Å². The molecule has 9 heteroatoms. The number of hydrogen-bond acceptors (Lipinski definition) is 5. The molecule has 8 nitrogen and oxygen atoms in total. The van der Waals surface area contributed by atoms with Gasteiger partial charge in [-0.15, -0.1) is 0 Å². The number of unbranched alkanes of at least 4 members (excludes halogenated alkanes) is 35. The Kier molecular flexibility index (Phi) is 64.9. The second-order valence-corrected chi connectivity index (χ2v) is 27.0. The molecule has 0 aliphatic heterocycles. The lowest BCUT2D eigenvalue weighted by molar-refractivity contribution is -0.870. The van der Waals surface area contributed by atoms with Crippen LogP contribution in [-0.2, 0) is 18.4 Å². The van der Waals surface area contributed by atoms with E-state index in [9.17, 15) is 19.4 Å². The Hall–Kier alpha value is -3.10. The molecule has 0 heterocycles. The molecule has 0 fully saturated rings. The lowest BCUT2D eigenvalue weighted by Gasteiger charge is -2.25. The van der Waals surface area contributed by atoms with E-state index in [-0.39, 0.29) is 19.1 Å². The first-order valence-corrected chi connectivity index (χ1v) is 37.9. The molecular formula is C78H140N2O6P+. The second kappa shape index (κ2) is 67.3. The highest BCUT2D eigenvalue weighted by Gasteiger charge is 2.28. The van der Waals surface area contributed by atoms with E-state index in [1.54, 1.807) is 6.08 Å². The summed E-state index contributed by atoms with van der Waals surface area (Å²) >= 11 is 0. The van der Waals surface area contributed by atoms with Crippen molar-refractivity contribution >= 4 is 13.7 Å². The van der Waals surface area contributed by atoms with Crippen LogP contribution in [0.15, 0.2) is 122 Å². The molecule has 0 spiro atoms. The van der Waals surface area contributed by atoms with Crippen molar-refractivity contribution in [1.82, 2.24) is 5.32 Å². The van der Waals surface area contributed by atoms with Crippen LogP contribution in [0.4, 0.5) is 0 Å². The van der Waals surface area contributed by atoms with Crippen molar-refractivity contribution in [2.75, 3.05) is 40.9 Å². The van der Waals surface area contributed by atoms with Crippen molar-refractivity contribution in [3.8, 4) is 0 Å². The number of hydrogen-bond donors (Lipinski definition) is 3. The van der Waals surface area contributed by atoms with Gasteiger partial charge in [-0.05, 0) is 89.9 Å². The molecule has 1 amide bonds. The molecule has 0 radical (unpaired) electrons. The third-order valence-corrected chi connectivity index (χ3v) is 16.9. The number of aliphatic hydroxyl groups excluding tert-OH is 1. The number of amides is 1. The molecule has 0 saturated carbocycles. The van der Waals surface area contributed by atoms with Crippen molar-refractivity contribution < 1.29 is 32.9 Å². The summed E-state index contributed by atoms with van der Waals surface area (Å²) in [5, 5.41) is 14.0. The summed E-state index contributed by atoms with van der Waals surface area (Å²) in [5.41, 5.74) is 0.